The number of nitrogens with one attached hydrogen (secondary N) is 2. The fourth-order valence-corrected chi connectivity index (χ4v) is 2.54. The van der Waals surface area contributed by atoms with Crippen molar-refractivity contribution in [2.45, 2.75) is 27.2 Å². The first kappa shape index (κ1) is 17.2. The zero-order chi connectivity index (χ0) is 17.7. The molecule has 0 aromatic heterocycles. The molecule has 0 bridgehead atoms. The second kappa shape index (κ2) is 7.42. The molecule has 0 aliphatic carbocycles. The predicted molar refractivity (Wildman–Crippen MR) is 93.7 cm³/mol. The molecular weight excluding hydrogens is 302 g/mol. The molecule has 122 valence electrons. The predicted octanol–water partition coefficient (Wildman–Crippen LogP) is 3.45. The summed E-state index contributed by atoms with van der Waals surface area (Å²) in [5.74, 6) is -0.768. The first-order valence-electron chi connectivity index (χ1n) is 7.57. The van der Waals surface area contributed by atoms with E-state index in [2.05, 4.69) is 10.6 Å². The van der Waals surface area contributed by atoms with E-state index in [9.17, 15) is 9.59 Å². The summed E-state index contributed by atoms with van der Waals surface area (Å²) in [4.78, 5) is 24.0. The molecular formula is C19H19N3O2. The van der Waals surface area contributed by atoms with Gasteiger partial charge in [0.25, 0.3) is 0 Å². The maximum absolute atomic E-state index is 12.1. The molecule has 0 fully saturated rings. The van der Waals surface area contributed by atoms with Gasteiger partial charge in [-0.3, -0.25) is 9.59 Å². The van der Waals surface area contributed by atoms with Crippen LogP contribution in [0.4, 0.5) is 11.4 Å². The van der Waals surface area contributed by atoms with Crippen LogP contribution in [-0.2, 0) is 9.59 Å². The van der Waals surface area contributed by atoms with Crippen molar-refractivity contribution in [1.82, 2.24) is 0 Å². The highest BCUT2D eigenvalue weighted by Crippen LogP contribution is 2.22. The smallest absolute Gasteiger partial charge is 0.233 e. The van der Waals surface area contributed by atoms with Crippen LogP contribution in [0.25, 0.3) is 0 Å². The van der Waals surface area contributed by atoms with Gasteiger partial charge in [0.1, 0.15) is 6.42 Å². The average Bonchev–Trinajstić information content (AvgIpc) is 2.51. The summed E-state index contributed by atoms with van der Waals surface area (Å²) in [6.07, 6.45) is -0.271. The van der Waals surface area contributed by atoms with Crippen LogP contribution in [-0.4, -0.2) is 11.8 Å². The lowest BCUT2D eigenvalue weighted by molar-refractivity contribution is -0.123. The topological polar surface area (TPSA) is 82.0 Å². The van der Waals surface area contributed by atoms with Crippen molar-refractivity contribution in [1.29, 1.82) is 5.26 Å². The van der Waals surface area contributed by atoms with E-state index >= 15 is 0 Å². The Morgan fingerprint density at radius 3 is 2.04 bits per heavy atom. The third-order valence-corrected chi connectivity index (χ3v) is 3.56. The van der Waals surface area contributed by atoms with Crippen molar-refractivity contribution in [2.24, 2.45) is 0 Å². The van der Waals surface area contributed by atoms with Gasteiger partial charge in [0.05, 0.1) is 11.6 Å². The van der Waals surface area contributed by atoms with Crippen molar-refractivity contribution in [2.75, 3.05) is 10.6 Å². The number of amides is 2. The van der Waals surface area contributed by atoms with Gasteiger partial charge in [-0.1, -0.05) is 17.7 Å². The van der Waals surface area contributed by atoms with Gasteiger partial charge in [-0.05, 0) is 56.2 Å². The normalized spacial score (nSPS) is 9.92. The number of carbonyl (C=O) groups excluding carboxylic acids is 2. The van der Waals surface area contributed by atoms with Gasteiger partial charge in [0.15, 0.2) is 0 Å². The molecule has 2 aromatic carbocycles. The number of benzene rings is 2. The highest BCUT2D eigenvalue weighted by molar-refractivity contribution is 6.08. The van der Waals surface area contributed by atoms with Crippen molar-refractivity contribution in [3.8, 4) is 6.07 Å². The molecule has 0 aliphatic rings. The number of hydrogen-bond donors (Lipinski definition) is 2. The lowest BCUT2D eigenvalue weighted by Gasteiger charge is -2.13. The fourth-order valence-electron chi connectivity index (χ4n) is 2.54. The Morgan fingerprint density at radius 1 is 0.958 bits per heavy atom. The van der Waals surface area contributed by atoms with Gasteiger partial charge in [-0.15, -0.1) is 0 Å². The first-order chi connectivity index (χ1) is 11.4. The van der Waals surface area contributed by atoms with E-state index in [0.717, 1.165) is 22.4 Å². The summed E-state index contributed by atoms with van der Waals surface area (Å²) < 4.78 is 0. The van der Waals surface area contributed by atoms with E-state index in [1.54, 1.807) is 24.3 Å². The Balaban J connectivity index is 1.97. The van der Waals surface area contributed by atoms with Gasteiger partial charge in [0, 0.05) is 11.4 Å². The largest absolute Gasteiger partial charge is 0.326 e. The Morgan fingerprint density at radius 2 is 1.50 bits per heavy atom. The minimum Gasteiger partial charge on any atom is -0.326 e. The van der Waals surface area contributed by atoms with Gasteiger partial charge in [-0.25, -0.2) is 0 Å². The summed E-state index contributed by atoms with van der Waals surface area (Å²) in [7, 11) is 0. The molecule has 0 spiro atoms. The summed E-state index contributed by atoms with van der Waals surface area (Å²) in [6, 6.07) is 12.4. The molecule has 2 aromatic rings. The van der Waals surface area contributed by atoms with Crippen LogP contribution in [0.1, 0.15) is 28.7 Å². The van der Waals surface area contributed by atoms with E-state index in [4.69, 9.17) is 5.26 Å². The Labute approximate surface area is 141 Å². The monoisotopic (exact) mass is 321 g/mol. The van der Waals surface area contributed by atoms with Crippen LogP contribution in [0, 0.1) is 32.1 Å². The molecule has 2 N–H and O–H groups in total. The SMILES string of the molecule is Cc1cc(C)c(NC(=O)CC(=O)Nc2ccc(C#N)cc2)c(C)c1. The van der Waals surface area contributed by atoms with Gasteiger partial charge >= 0.3 is 0 Å². The molecule has 5 heteroatoms. The minimum atomic E-state index is -0.403. The minimum absolute atomic E-state index is 0.271. The van der Waals surface area contributed by atoms with Crippen LogP contribution in [0.15, 0.2) is 36.4 Å². The lowest BCUT2D eigenvalue weighted by Crippen LogP contribution is -2.22. The summed E-state index contributed by atoms with van der Waals surface area (Å²) >= 11 is 0. The van der Waals surface area contributed by atoms with Crippen LogP contribution in [0.2, 0.25) is 0 Å². The lowest BCUT2D eigenvalue weighted by atomic mass is 10.0. The van der Waals surface area contributed by atoms with Crippen LogP contribution in [0.5, 0.6) is 0 Å². The van der Waals surface area contributed by atoms with E-state index in [0.29, 0.717) is 11.3 Å². The Kier molecular flexibility index (Phi) is 5.33. The van der Waals surface area contributed by atoms with Gasteiger partial charge < -0.3 is 10.6 Å². The molecule has 0 radical (unpaired) electrons. The van der Waals surface area contributed by atoms with Crippen molar-refractivity contribution in [3.05, 3.63) is 58.7 Å². The molecule has 2 rings (SSSR count). The maximum Gasteiger partial charge on any atom is 0.233 e. The summed E-state index contributed by atoms with van der Waals surface area (Å²) in [5, 5.41) is 14.2. The standard InChI is InChI=1S/C19H19N3O2/c1-12-8-13(2)19(14(3)9-12)22-18(24)10-17(23)21-16-6-4-15(11-20)5-7-16/h4-9H,10H2,1-3H3,(H,21,23)(H,22,24). The second-order valence-corrected chi connectivity index (χ2v) is 5.74. The number of nitrogens with zero attached hydrogens (tertiary/aromatic N) is 1. The highest BCUT2D eigenvalue weighted by atomic mass is 16.2. The Bertz CT molecular complexity index is 794. The quantitative estimate of drug-likeness (QED) is 0.846. The highest BCUT2D eigenvalue weighted by Gasteiger charge is 2.12. The molecule has 5 nitrogen and oxygen atoms in total. The summed E-state index contributed by atoms with van der Waals surface area (Å²) in [5.41, 5.74) is 4.87. The number of carbonyl (C=O) groups is 2. The van der Waals surface area contributed by atoms with E-state index < -0.39 is 5.91 Å². The Hall–Kier alpha value is -3.13. The zero-order valence-electron chi connectivity index (χ0n) is 13.9. The molecule has 0 unspecified atom stereocenters. The third kappa shape index (κ3) is 4.43. The first-order valence-corrected chi connectivity index (χ1v) is 7.57. The number of aryl methyl sites for hydroxylation is 3. The number of rotatable bonds is 4. The van der Waals surface area contributed by atoms with E-state index in [1.165, 1.54) is 0 Å². The van der Waals surface area contributed by atoms with Crippen LogP contribution in [0.3, 0.4) is 0 Å². The van der Waals surface area contributed by atoms with Gasteiger partial charge in [-0.2, -0.15) is 5.26 Å². The van der Waals surface area contributed by atoms with Crippen molar-refractivity contribution in [3.63, 3.8) is 0 Å². The molecule has 0 atom stereocenters. The van der Waals surface area contributed by atoms with E-state index in [-0.39, 0.29) is 12.3 Å². The molecule has 24 heavy (non-hydrogen) atoms. The van der Waals surface area contributed by atoms with Gasteiger partial charge in [0.2, 0.25) is 11.8 Å². The maximum atomic E-state index is 12.1. The molecule has 0 aliphatic heterocycles. The molecule has 0 heterocycles. The zero-order valence-corrected chi connectivity index (χ0v) is 13.9. The van der Waals surface area contributed by atoms with Crippen molar-refractivity contribution < 1.29 is 9.59 Å². The fraction of sp³-hybridized carbons (Fsp3) is 0.211. The number of hydrogen-bond acceptors (Lipinski definition) is 3. The third-order valence-electron chi connectivity index (χ3n) is 3.56. The molecule has 0 saturated heterocycles. The molecule has 0 saturated carbocycles. The van der Waals surface area contributed by atoms with Crippen LogP contribution >= 0.6 is 0 Å². The van der Waals surface area contributed by atoms with Crippen LogP contribution < -0.4 is 10.6 Å². The van der Waals surface area contributed by atoms with Crippen molar-refractivity contribution >= 4 is 23.2 Å². The molecule has 2 amide bonds. The average molecular weight is 321 g/mol. The second-order valence-electron chi connectivity index (χ2n) is 5.74. The summed E-state index contributed by atoms with van der Waals surface area (Å²) in [6.45, 7) is 5.84. The number of nitriles is 1. The number of anilines is 2. The van der Waals surface area contributed by atoms with E-state index in [1.807, 2.05) is 39.0 Å².